The molecule has 9 rings (SSSR count). The maximum atomic E-state index is 15.2. The number of halogens is 3. The van der Waals surface area contributed by atoms with Crippen molar-refractivity contribution in [3.05, 3.63) is 113 Å². The Labute approximate surface area is 357 Å². The summed E-state index contributed by atoms with van der Waals surface area (Å²) in [4.78, 5) is 46.4. The van der Waals surface area contributed by atoms with Gasteiger partial charge in [-0.2, -0.15) is 5.10 Å². The molecule has 4 aromatic carbocycles. The SMILES string of the molecule is O=C1CCN(c2ccc(CN3CCC(N4CCN(c5ccc(C(=O)Nc6n[nH]c7ccc(Cc8cc(F)cc(F)c8)cc67)c(NC6CCOCC6)c5)CC4)CC3)c(F)c2)C(=O)N1. The quantitative estimate of drug-likeness (QED) is 0.115. The molecule has 0 atom stereocenters. The third-order valence-electron chi connectivity index (χ3n) is 12.6. The molecule has 0 radical (unpaired) electrons. The highest BCUT2D eigenvalue weighted by Gasteiger charge is 2.30. The van der Waals surface area contributed by atoms with Gasteiger partial charge in [0, 0.05) is 105 Å². The average Bonchev–Trinajstić information content (AvgIpc) is 3.66. The van der Waals surface area contributed by atoms with Crippen molar-refractivity contribution >= 4 is 51.6 Å². The maximum Gasteiger partial charge on any atom is 0.328 e. The van der Waals surface area contributed by atoms with Gasteiger partial charge in [-0.3, -0.25) is 34.7 Å². The van der Waals surface area contributed by atoms with Gasteiger partial charge in [-0.1, -0.05) is 12.1 Å². The molecular weight excluding hydrogens is 800 g/mol. The minimum atomic E-state index is -0.630. The lowest BCUT2D eigenvalue weighted by atomic mass is 10.0. The molecule has 4 aliphatic rings. The summed E-state index contributed by atoms with van der Waals surface area (Å²) in [6, 6.07) is 19.9. The lowest BCUT2D eigenvalue weighted by Gasteiger charge is -2.43. The van der Waals surface area contributed by atoms with Crippen molar-refractivity contribution in [1.29, 1.82) is 0 Å². The number of anilines is 4. The van der Waals surface area contributed by atoms with E-state index in [9.17, 15) is 23.2 Å². The predicted molar refractivity (Wildman–Crippen MR) is 231 cm³/mol. The normalized spacial score (nSPS) is 18.6. The second-order valence-corrected chi connectivity index (χ2v) is 16.7. The Morgan fingerprint density at radius 2 is 1.55 bits per heavy atom. The number of hydrogen-bond acceptors (Lipinski definition) is 9. The topological polar surface area (TPSA) is 138 Å². The maximum absolute atomic E-state index is 15.2. The van der Waals surface area contributed by atoms with Crippen LogP contribution in [0.5, 0.6) is 0 Å². The van der Waals surface area contributed by atoms with E-state index in [0.717, 1.165) is 93.5 Å². The van der Waals surface area contributed by atoms with Gasteiger partial charge in [0.05, 0.1) is 11.1 Å². The number of aromatic amines is 1. The molecule has 4 N–H and O–H groups in total. The molecule has 4 fully saturated rings. The number of benzene rings is 4. The molecule has 0 saturated carbocycles. The van der Waals surface area contributed by atoms with E-state index >= 15 is 4.39 Å². The number of ether oxygens (including phenoxy) is 1. The van der Waals surface area contributed by atoms with Gasteiger partial charge in [-0.05, 0) is 111 Å². The molecule has 5 aromatic rings. The monoisotopic (exact) mass is 849 g/mol. The Bertz CT molecular complexity index is 2440. The molecule has 13 nitrogen and oxygen atoms in total. The van der Waals surface area contributed by atoms with E-state index in [2.05, 4.69) is 46.9 Å². The second-order valence-electron chi connectivity index (χ2n) is 16.7. The fraction of sp³-hybridized carbons (Fsp3) is 0.391. The Hall–Kier alpha value is -5.97. The van der Waals surface area contributed by atoms with Crippen molar-refractivity contribution in [3.8, 4) is 0 Å². The summed E-state index contributed by atoms with van der Waals surface area (Å²) in [5.74, 6) is -1.88. The molecule has 0 aliphatic carbocycles. The van der Waals surface area contributed by atoms with E-state index < -0.39 is 17.7 Å². The number of likely N-dealkylation sites (tertiary alicyclic amines) is 1. The number of nitrogens with one attached hydrogen (secondary N) is 4. The third-order valence-corrected chi connectivity index (χ3v) is 12.6. The first-order valence-corrected chi connectivity index (χ1v) is 21.4. The molecular formula is C46H50F3N9O4. The summed E-state index contributed by atoms with van der Waals surface area (Å²) in [6.45, 7) is 7.24. The van der Waals surface area contributed by atoms with E-state index in [-0.39, 0.29) is 36.6 Å². The zero-order valence-electron chi connectivity index (χ0n) is 34.4. The summed E-state index contributed by atoms with van der Waals surface area (Å²) in [5, 5.41) is 17.0. The Kier molecular flexibility index (Phi) is 12.1. The van der Waals surface area contributed by atoms with Crippen LogP contribution in [0.25, 0.3) is 10.9 Å². The van der Waals surface area contributed by atoms with Crippen LogP contribution in [-0.2, 0) is 22.5 Å². The largest absolute Gasteiger partial charge is 0.381 e. The Morgan fingerprint density at radius 1 is 0.790 bits per heavy atom. The number of rotatable bonds is 11. The highest BCUT2D eigenvalue weighted by Crippen LogP contribution is 2.31. The lowest BCUT2D eigenvalue weighted by Crippen LogP contribution is -2.53. The first-order valence-electron chi connectivity index (χ1n) is 21.4. The van der Waals surface area contributed by atoms with Gasteiger partial charge in [0.1, 0.15) is 17.5 Å². The van der Waals surface area contributed by atoms with E-state index in [1.165, 1.54) is 23.1 Å². The zero-order valence-corrected chi connectivity index (χ0v) is 34.4. The van der Waals surface area contributed by atoms with Crippen LogP contribution >= 0.6 is 0 Å². The van der Waals surface area contributed by atoms with Gasteiger partial charge in [-0.15, -0.1) is 0 Å². The third kappa shape index (κ3) is 9.42. The van der Waals surface area contributed by atoms with E-state index in [1.54, 1.807) is 12.1 Å². The summed E-state index contributed by atoms with van der Waals surface area (Å²) >= 11 is 0. The molecule has 324 valence electrons. The molecule has 0 unspecified atom stereocenters. The molecule has 5 heterocycles. The molecule has 0 spiro atoms. The van der Waals surface area contributed by atoms with Crippen LogP contribution in [0.15, 0.2) is 72.8 Å². The number of H-pyrrole nitrogens is 1. The molecule has 62 heavy (non-hydrogen) atoms. The van der Waals surface area contributed by atoms with Crippen molar-refractivity contribution < 1.29 is 32.3 Å². The molecule has 4 aliphatic heterocycles. The van der Waals surface area contributed by atoms with Crippen molar-refractivity contribution in [2.75, 3.05) is 79.5 Å². The summed E-state index contributed by atoms with van der Waals surface area (Å²) in [6.07, 6.45) is 4.14. The number of piperidine rings is 1. The van der Waals surface area contributed by atoms with Crippen LogP contribution in [0.3, 0.4) is 0 Å². The van der Waals surface area contributed by atoms with Gasteiger partial charge in [-0.25, -0.2) is 18.0 Å². The first kappa shape index (κ1) is 41.4. The molecule has 16 heteroatoms. The van der Waals surface area contributed by atoms with Crippen LogP contribution in [0.1, 0.15) is 59.2 Å². The Morgan fingerprint density at radius 3 is 2.29 bits per heavy atom. The number of imide groups is 1. The van der Waals surface area contributed by atoms with E-state index in [4.69, 9.17) is 4.74 Å². The number of hydrogen-bond donors (Lipinski definition) is 4. The van der Waals surface area contributed by atoms with Crippen molar-refractivity contribution in [2.24, 2.45) is 0 Å². The van der Waals surface area contributed by atoms with Gasteiger partial charge < -0.3 is 20.3 Å². The summed E-state index contributed by atoms with van der Waals surface area (Å²) in [5.41, 5.74) is 5.36. The number of amides is 4. The summed E-state index contributed by atoms with van der Waals surface area (Å²) in [7, 11) is 0. The highest BCUT2D eigenvalue weighted by molar-refractivity contribution is 6.11. The number of fused-ring (bicyclic) bond motifs is 1. The number of aromatic nitrogens is 2. The smallest absolute Gasteiger partial charge is 0.328 e. The van der Waals surface area contributed by atoms with Crippen molar-refractivity contribution in [3.63, 3.8) is 0 Å². The number of urea groups is 1. The van der Waals surface area contributed by atoms with Crippen LogP contribution in [0.2, 0.25) is 0 Å². The van der Waals surface area contributed by atoms with Gasteiger partial charge >= 0.3 is 6.03 Å². The van der Waals surface area contributed by atoms with Crippen molar-refractivity contribution in [2.45, 2.75) is 57.2 Å². The van der Waals surface area contributed by atoms with Crippen LogP contribution < -0.4 is 25.8 Å². The van der Waals surface area contributed by atoms with E-state index in [0.29, 0.717) is 65.8 Å². The van der Waals surface area contributed by atoms with Gasteiger partial charge in [0.2, 0.25) is 5.91 Å². The predicted octanol–water partition coefficient (Wildman–Crippen LogP) is 6.65. The van der Waals surface area contributed by atoms with E-state index in [1.807, 2.05) is 30.3 Å². The minimum Gasteiger partial charge on any atom is -0.381 e. The van der Waals surface area contributed by atoms with Crippen LogP contribution in [-0.4, -0.2) is 109 Å². The second kappa shape index (κ2) is 18.2. The number of nitrogens with zero attached hydrogens (tertiary/aromatic N) is 5. The van der Waals surface area contributed by atoms with Gasteiger partial charge in [0.15, 0.2) is 5.82 Å². The molecule has 4 saturated heterocycles. The van der Waals surface area contributed by atoms with Crippen LogP contribution in [0.4, 0.5) is 40.8 Å². The lowest BCUT2D eigenvalue weighted by molar-refractivity contribution is -0.120. The number of carbonyl (C=O) groups is 3. The highest BCUT2D eigenvalue weighted by atomic mass is 19.1. The van der Waals surface area contributed by atoms with Crippen LogP contribution in [0, 0.1) is 17.5 Å². The molecule has 0 bridgehead atoms. The van der Waals surface area contributed by atoms with Crippen molar-refractivity contribution in [1.82, 2.24) is 25.3 Å². The fourth-order valence-corrected chi connectivity index (χ4v) is 9.17. The fourth-order valence-electron chi connectivity index (χ4n) is 9.17. The minimum absolute atomic E-state index is 0.154. The Balaban J connectivity index is 0.819. The summed E-state index contributed by atoms with van der Waals surface area (Å²) < 4.78 is 48.6. The van der Waals surface area contributed by atoms with Gasteiger partial charge in [0.25, 0.3) is 5.91 Å². The number of piperazine rings is 1. The molecule has 4 amide bonds. The first-order chi connectivity index (χ1) is 30.1. The average molecular weight is 850 g/mol. The number of carbonyl (C=O) groups excluding carboxylic acids is 3. The standard InChI is InChI=1S/C46H50F3N9O4/c47-32-22-30(23-33(48)25-32)21-29-1-6-41-39(24-29)44(54-53-41)52-45(60)38-5-4-36(27-42(38)50-34-10-19-62-20-11-34)57-17-15-56(16-18-57)35-7-12-55(13-8-35)28-31-2-3-37(26-40(31)49)58-14-9-43(59)51-46(58)61/h1-6,22-27,34-35,50H,7-21,28H2,(H,51,59,61)(H2,52,53,54,60). The zero-order chi connectivity index (χ0) is 42.7. The molecule has 1 aromatic heterocycles.